The van der Waals surface area contributed by atoms with E-state index in [2.05, 4.69) is 29.4 Å². The fourth-order valence-electron chi connectivity index (χ4n) is 3.48. The average molecular weight is 436 g/mol. The SMILES string of the molecule is Cc1ccccc1-n1c(=O)c2ccccc2n2c(SCC(=O)NCCC(C)C)nnc12. The number of hydrogen-bond acceptors (Lipinski definition) is 5. The van der Waals surface area contributed by atoms with Crippen LogP contribution in [0.3, 0.4) is 0 Å². The van der Waals surface area contributed by atoms with Gasteiger partial charge in [-0.15, -0.1) is 10.2 Å². The number of aryl methyl sites for hydroxylation is 1. The molecule has 4 rings (SSSR count). The van der Waals surface area contributed by atoms with E-state index in [-0.39, 0.29) is 17.2 Å². The van der Waals surface area contributed by atoms with Gasteiger partial charge in [0, 0.05) is 6.54 Å². The Kier molecular flexibility index (Phi) is 6.08. The number of aromatic nitrogens is 4. The average Bonchev–Trinajstić information content (AvgIpc) is 3.17. The van der Waals surface area contributed by atoms with Crippen molar-refractivity contribution in [3.05, 3.63) is 64.4 Å². The second kappa shape index (κ2) is 8.93. The number of thioether (sulfide) groups is 1. The fraction of sp³-hybridized carbons (Fsp3) is 0.304. The van der Waals surface area contributed by atoms with Gasteiger partial charge in [0.25, 0.3) is 5.56 Å². The van der Waals surface area contributed by atoms with E-state index in [0.717, 1.165) is 23.2 Å². The van der Waals surface area contributed by atoms with E-state index in [1.807, 2.05) is 53.8 Å². The molecule has 160 valence electrons. The molecule has 0 fully saturated rings. The number of benzene rings is 2. The summed E-state index contributed by atoms with van der Waals surface area (Å²) in [5, 5.41) is 12.7. The van der Waals surface area contributed by atoms with Crippen LogP contribution in [-0.2, 0) is 4.79 Å². The van der Waals surface area contributed by atoms with Crippen LogP contribution in [0.4, 0.5) is 0 Å². The van der Waals surface area contributed by atoms with E-state index >= 15 is 0 Å². The number of nitrogens with zero attached hydrogens (tertiary/aromatic N) is 4. The van der Waals surface area contributed by atoms with Gasteiger partial charge in [0.2, 0.25) is 11.7 Å². The molecule has 0 spiro atoms. The maximum atomic E-state index is 13.4. The first kappa shape index (κ1) is 21.1. The van der Waals surface area contributed by atoms with Gasteiger partial charge in [-0.1, -0.05) is 55.9 Å². The Bertz CT molecular complexity index is 1310. The first-order valence-electron chi connectivity index (χ1n) is 10.3. The zero-order valence-electron chi connectivity index (χ0n) is 17.8. The molecule has 0 saturated carbocycles. The van der Waals surface area contributed by atoms with Crippen molar-refractivity contribution in [2.24, 2.45) is 5.92 Å². The molecule has 2 aromatic carbocycles. The number of hydrogen-bond donors (Lipinski definition) is 1. The highest BCUT2D eigenvalue weighted by Crippen LogP contribution is 2.24. The van der Waals surface area contributed by atoms with Crippen molar-refractivity contribution in [3.8, 4) is 5.69 Å². The van der Waals surface area contributed by atoms with Crippen LogP contribution < -0.4 is 10.9 Å². The lowest BCUT2D eigenvalue weighted by atomic mass is 10.1. The van der Waals surface area contributed by atoms with Gasteiger partial charge in [-0.3, -0.25) is 14.0 Å². The van der Waals surface area contributed by atoms with Crippen LogP contribution >= 0.6 is 11.8 Å². The smallest absolute Gasteiger partial charge is 0.267 e. The Balaban J connectivity index is 1.77. The van der Waals surface area contributed by atoms with E-state index in [9.17, 15) is 9.59 Å². The number of carbonyl (C=O) groups is 1. The van der Waals surface area contributed by atoms with Gasteiger partial charge in [-0.25, -0.2) is 4.57 Å². The summed E-state index contributed by atoms with van der Waals surface area (Å²) >= 11 is 1.31. The molecule has 2 aromatic heterocycles. The molecule has 0 saturated heterocycles. The Morgan fingerprint density at radius 2 is 1.84 bits per heavy atom. The van der Waals surface area contributed by atoms with Gasteiger partial charge in [0.15, 0.2) is 5.16 Å². The summed E-state index contributed by atoms with van der Waals surface area (Å²) in [6.45, 7) is 6.87. The number of fused-ring (bicyclic) bond motifs is 3. The lowest BCUT2D eigenvalue weighted by Crippen LogP contribution is -2.27. The number of amides is 1. The van der Waals surface area contributed by atoms with Gasteiger partial charge in [0.05, 0.1) is 22.3 Å². The van der Waals surface area contributed by atoms with Crippen molar-refractivity contribution in [2.45, 2.75) is 32.3 Å². The number of carbonyl (C=O) groups excluding carboxylic acids is 1. The summed E-state index contributed by atoms with van der Waals surface area (Å²) in [6.07, 6.45) is 0.942. The van der Waals surface area contributed by atoms with Gasteiger partial charge in [-0.05, 0) is 43.0 Å². The molecule has 1 amide bonds. The predicted molar refractivity (Wildman–Crippen MR) is 124 cm³/mol. The predicted octanol–water partition coefficient (Wildman–Crippen LogP) is 3.60. The molecule has 0 radical (unpaired) electrons. The topological polar surface area (TPSA) is 81.3 Å². The van der Waals surface area contributed by atoms with Crippen LogP contribution in [0.25, 0.3) is 22.4 Å². The second-order valence-corrected chi connectivity index (χ2v) is 8.83. The summed E-state index contributed by atoms with van der Waals surface area (Å²) < 4.78 is 3.45. The molecule has 0 bridgehead atoms. The molecule has 0 unspecified atom stereocenters. The maximum absolute atomic E-state index is 13.4. The van der Waals surface area contributed by atoms with Crippen molar-refractivity contribution in [3.63, 3.8) is 0 Å². The largest absolute Gasteiger partial charge is 0.355 e. The van der Waals surface area contributed by atoms with Crippen molar-refractivity contribution in [1.82, 2.24) is 24.5 Å². The minimum absolute atomic E-state index is 0.0427. The van der Waals surface area contributed by atoms with Crippen LogP contribution in [0.15, 0.2) is 58.5 Å². The molecule has 0 aliphatic rings. The summed E-state index contributed by atoms with van der Waals surface area (Å²) in [7, 11) is 0. The summed E-state index contributed by atoms with van der Waals surface area (Å²) in [5.41, 5.74) is 2.30. The summed E-state index contributed by atoms with van der Waals surface area (Å²) in [5.74, 6) is 1.16. The maximum Gasteiger partial charge on any atom is 0.267 e. The zero-order valence-corrected chi connectivity index (χ0v) is 18.6. The Morgan fingerprint density at radius 3 is 2.61 bits per heavy atom. The third-order valence-corrected chi connectivity index (χ3v) is 6.06. The highest BCUT2D eigenvalue weighted by Gasteiger charge is 2.19. The van der Waals surface area contributed by atoms with Crippen molar-refractivity contribution in [1.29, 1.82) is 0 Å². The van der Waals surface area contributed by atoms with E-state index in [1.54, 1.807) is 10.6 Å². The molecule has 0 atom stereocenters. The Morgan fingerprint density at radius 1 is 1.10 bits per heavy atom. The van der Waals surface area contributed by atoms with Crippen LogP contribution in [0, 0.1) is 12.8 Å². The molecule has 7 nitrogen and oxygen atoms in total. The van der Waals surface area contributed by atoms with Crippen LogP contribution in [0.2, 0.25) is 0 Å². The van der Waals surface area contributed by atoms with Crippen LogP contribution in [0.1, 0.15) is 25.8 Å². The van der Waals surface area contributed by atoms with E-state index in [1.165, 1.54) is 11.8 Å². The molecule has 31 heavy (non-hydrogen) atoms. The van der Waals surface area contributed by atoms with E-state index in [4.69, 9.17) is 0 Å². The first-order valence-corrected chi connectivity index (χ1v) is 11.3. The Hall–Kier alpha value is -3.13. The fourth-order valence-corrected chi connectivity index (χ4v) is 4.25. The molecule has 8 heteroatoms. The minimum atomic E-state index is -0.146. The van der Waals surface area contributed by atoms with Crippen molar-refractivity contribution in [2.75, 3.05) is 12.3 Å². The standard InChI is InChI=1S/C23H25N5O2S/c1-15(2)12-13-24-20(29)14-31-23-26-25-22-27(18-10-6-4-8-16(18)3)21(30)17-9-5-7-11-19(17)28(22)23/h4-11,15H,12-14H2,1-3H3,(H,24,29). The number of para-hydroxylation sites is 2. The van der Waals surface area contributed by atoms with Gasteiger partial charge >= 0.3 is 0 Å². The van der Waals surface area contributed by atoms with E-state index < -0.39 is 0 Å². The van der Waals surface area contributed by atoms with Crippen LogP contribution in [0.5, 0.6) is 0 Å². The second-order valence-electron chi connectivity index (χ2n) is 7.88. The highest BCUT2D eigenvalue weighted by molar-refractivity contribution is 7.99. The number of rotatable bonds is 7. The lowest BCUT2D eigenvalue weighted by molar-refractivity contribution is -0.118. The molecule has 0 aliphatic heterocycles. The molecule has 4 aromatic rings. The molecule has 2 heterocycles. The summed E-state index contributed by atoms with van der Waals surface area (Å²) in [6, 6.07) is 15.1. The van der Waals surface area contributed by atoms with Crippen molar-refractivity contribution < 1.29 is 4.79 Å². The third kappa shape index (κ3) is 4.20. The van der Waals surface area contributed by atoms with Gasteiger partial charge in [-0.2, -0.15) is 0 Å². The summed E-state index contributed by atoms with van der Waals surface area (Å²) in [4.78, 5) is 25.6. The van der Waals surface area contributed by atoms with Gasteiger partial charge in [0.1, 0.15) is 0 Å². The lowest BCUT2D eigenvalue weighted by Gasteiger charge is -2.13. The molecule has 1 N–H and O–H groups in total. The first-order chi connectivity index (χ1) is 15.0. The van der Waals surface area contributed by atoms with Crippen LogP contribution in [-0.4, -0.2) is 37.4 Å². The quantitative estimate of drug-likeness (QED) is 0.449. The Labute approximate surface area is 184 Å². The van der Waals surface area contributed by atoms with E-state index in [0.29, 0.717) is 28.8 Å². The molecule has 0 aliphatic carbocycles. The minimum Gasteiger partial charge on any atom is -0.355 e. The monoisotopic (exact) mass is 435 g/mol. The molecular formula is C23H25N5O2S. The highest BCUT2D eigenvalue weighted by atomic mass is 32.2. The van der Waals surface area contributed by atoms with Gasteiger partial charge < -0.3 is 5.32 Å². The third-order valence-electron chi connectivity index (χ3n) is 5.13. The van der Waals surface area contributed by atoms with Crippen molar-refractivity contribution >= 4 is 34.3 Å². The number of nitrogens with one attached hydrogen (secondary N) is 1. The normalized spacial score (nSPS) is 11.5. The zero-order chi connectivity index (χ0) is 22.0. The molecular weight excluding hydrogens is 410 g/mol.